The van der Waals surface area contributed by atoms with Gasteiger partial charge in [0.05, 0.1) is 0 Å². The van der Waals surface area contributed by atoms with E-state index in [9.17, 15) is 4.79 Å². The lowest BCUT2D eigenvalue weighted by Gasteiger charge is -2.36. The number of benzene rings is 2. The summed E-state index contributed by atoms with van der Waals surface area (Å²) in [6.07, 6.45) is -0.666. The van der Waals surface area contributed by atoms with E-state index in [4.69, 9.17) is 10.6 Å². The average Bonchev–Trinajstić information content (AvgIpc) is 2.72. The molecule has 0 bridgehead atoms. The van der Waals surface area contributed by atoms with Gasteiger partial charge in [0.2, 0.25) is 6.10 Å². The molecular formula is C20H24N4O2. The molecule has 0 spiro atoms. The fraction of sp³-hybridized carbons (Fsp3) is 0.300. The largest absolute Gasteiger partial charge is 0.381 e. The van der Waals surface area contributed by atoms with Gasteiger partial charge in [-0.05, 0) is 19.1 Å². The van der Waals surface area contributed by atoms with E-state index in [-0.39, 0.29) is 11.7 Å². The van der Waals surface area contributed by atoms with E-state index in [2.05, 4.69) is 22.2 Å². The van der Waals surface area contributed by atoms with Crippen LogP contribution in [0.5, 0.6) is 0 Å². The van der Waals surface area contributed by atoms with Crippen LogP contribution in [0.4, 0.5) is 5.69 Å². The molecule has 0 saturated carbocycles. The Morgan fingerprint density at radius 1 is 1.00 bits per heavy atom. The maximum Gasteiger partial charge on any atom is 0.266 e. The van der Waals surface area contributed by atoms with Crippen molar-refractivity contribution in [2.45, 2.75) is 13.0 Å². The van der Waals surface area contributed by atoms with Gasteiger partial charge in [-0.25, -0.2) is 0 Å². The molecule has 1 heterocycles. The molecule has 0 aliphatic carbocycles. The van der Waals surface area contributed by atoms with Crippen molar-refractivity contribution in [3.8, 4) is 0 Å². The predicted octanol–water partition coefficient (Wildman–Crippen LogP) is 2.06. The summed E-state index contributed by atoms with van der Waals surface area (Å²) in [6, 6.07) is 19.6. The van der Waals surface area contributed by atoms with Gasteiger partial charge in [-0.1, -0.05) is 53.7 Å². The third-order valence-electron chi connectivity index (χ3n) is 4.44. The summed E-state index contributed by atoms with van der Waals surface area (Å²) in [4.78, 5) is 22.0. The van der Waals surface area contributed by atoms with Crippen LogP contribution in [-0.4, -0.2) is 48.9 Å². The molecule has 1 fully saturated rings. The molecule has 3 rings (SSSR count). The predicted molar refractivity (Wildman–Crippen MR) is 103 cm³/mol. The third-order valence-corrected chi connectivity index (χ3v) is 4.44. The Labute approximate surface area is 153 Å². The van der Waals surface area contributed by atoms with E-state index in [1.54, 1.807) is 6.92 Å². The van der Waals surface area contributed by atoms with E-state index >= 15 is 0 Å². The van der Waals surface area contributed by atoms with Gasteiger partial charge in [0.15, 0.2) is 5.84 Å². The number of para-hydroxylation sites is 1. The number of oxime groups is 1. The van der Waals surface area contributed by atoms with Gasteiger partial charge in [-0.15, -0.1) is 0 Å². The van der Waals surface area contributed by atoms with Crippen LogP contribution in [0.1, 0.15) is 12.5 Å². The van der Waals surface area contributed by atoms with Crippen molar-refractivity contribution in [2.75, 3.05) is 31.1 Å². The molecule has 1 saturated heterocycles. The maximum atomic E-state index is 12.6. The smallest absolute Gasteiger partial charge is 0.266 e. The molecule has 2 aromatic rings. The van der Waals surface area contributed by atoms with Gasteiger partial charge >= 0.3 is 0 Å². The van der Waals surface area contributed by atoms with E-state index in [0.29, 0.717) is 13.1 Å². The standard InChI is InChI=1S/C20H24N4O2/c1-16(26-22-19(21)17-8-4-2-5-9-17)20(25)24-14-12-23(13-15-24)18-10-6-3-7-11-18/h2-11,16H,12-15H2,1H3,(H2,21,22). The molecule has 0 aromatic heterocycles. The highest BCUT2D eigenvalue weighted by molar-refractivity contribution is 5.97. The van der Waals surface area contributed by atoms with Crippen molar-refractivity contribution in [1.82, 2.24) is 4.90 Å². The first-order chi connectivity index (χ1) is 12.6. The fourth-order valence-corrected chi connectivity index (χ4v) is 2.92. The van der Waals surface area contributed by atoms with Gasteiger partial charge in [0.1, 0.15) is 0 Å². The lowest BCUT2D eigenvalue weighted by atomic mass is 10.2. The number of nitrogens with zero attached hydrogens (tertiary/aromatic N) is 3. The number of hydrogen-bond donors (Lipinski definition) is 1. The van der Waals surface area contributed by atoms with Crippen LogP contribution in [-0.2, 0) is 9.63 Å². The number of carbonyl (C=O) groups is 1. The number of anilines is 1. The zero-order valence-corrected chi connectivity index (χ0v) is 14.9. The number of hydrogen-bond acceptors (Lipinski definition) is 4. The number of amidine groups is 1. The summed E-state index contributed by atoms with van der Waals surface area (Å²) < 4.78 is 0. The molecule has 1 aliphatic heterocycles. The van der Waals surface area contributed by atoms with Crippen molar-refractivity contribution in [3.05, 3.63) is 66.2 Å². The molecule has 0 radical (unpaired) electrons. The molecule has 1 aliphatic rings. The third kappa shape index (κ3) is 4.33. The van der Waals surface area contributed by atoms with Crippen molar-refractivity contribution in [3.63, 3.8) is 0 Å². The second-order valence-corrected chi connectivity index (χ2v) is 6.24. The molecule has 1 amide bonds. The zero-order valence-electron chi connectivity index (χ0n) is 14.9. The van der Waals surface area contributed by atoms with Crippen molar-refractivity contribution in [2.24, 2.45) is 10.9 Å². The second kappa shape index (κ2) is 8.38. The summed E-state index contributed by atoms with van der Waals surface area (Å²) in [7, 11) is 0. The van der Waals surface area contributed by atoms with E-state index in [1.807, 2.05) is 53.4 Å². The molecular weight excluding hydrogens is 328 g/mol. The Hall–Kier alpha value is -3.02. The van der Waals surface area contributed by atoms with Gasteiger partial charge in [-0.3, -0.25) is 4.79 Å². The maximum absolute atomic E-state index is 12.6. The summed E-state index contributed by atoms with van der Waals surface area (Å²) in [5, 5.41) is 3.91. The highest BCUT2D eigenvalue weighted by atomic mass is 16.6. The van der Waals surface area contributed by atoms with Crippen LogP contribution < -0.4 is 10.6 Å². The quantitative estimate of drug-likeness (QED) is 0.508. The van der Waals surface area contributed by atoms with Crippen LogP contribution in [0.3, 0.4) is 0 Å². The van der Waals surface area contributed by atoms with Crippen LogP contribution in [0.2, 0.25) is 0 Å². The second-order valence-electron chi connectivity index (χ2n) is 6.24. The van der Waals surface area contributed by atoms with Gasteiger partial charge < -0.3 is 20.4 Å². The highest BCUT2D eigenvalue weighted by Crippen LogP contribution is 2.16. The lowest BCUT2D eigenvalue weighted by molar-refractivity contribution is -0.142. The minimum atomic E-state index is -0.666. The number of piperazine rings is 1. The van der Waals surface area contributed by atoms with Gasteiger partial charge in [-0.2, -0.15) is 0 Å². The lowest BCUT2D eigenvalue weighted by Crippen LogP contribution is -2.51. The number of carbonyl (C=O) groups excluding carboxylic acids is 1. The van der Waals surface area contributed by atoms with Gasteiger partial charge in [0, 0.05) is 37.4 Å². The van der Waals surface area contributed by atoms with Crippen LogP contribution in [0.15, 0.2) is 65.8 Å². The Morgan fingerprint density at radius 2 is 1.58 bits per heavy atom. The Balaban J connectivity index is 1.52. The minimum absolute atomic E-state index is 0.0673. The topological polar surface area (TPSA) is 71.2 Å². The minimum Gasteiger partial charge on any atom is -0.381 e. The first-order valence-corrected chi connectivity index (χ1v) is 8.78. The summed E-state index contributed by atoms with van der Waals surface area (Å²) in [5.41, 5.74) is 7.85. The Kier molecular flexibility index (Phi) is 5.73. The molecule has 6 nitrogen and oxygen atoms in total. The Morgan fingerprint density at radius 3 is 2.19 bits per heavy atom. The molecule has 2 N–H and O–H groups in total. The number of amides is 1. The van der Waals surface area contributed by atoms with E-state index in [0.717, 1.165) is 18.7 Å². The molecule has 1 unspecified atom stereocenters. The first kappa shape index (κ1) is 17.8. The normalized spacial score (nSPS) is 16.3. The molecule has 2 aromatic carbocycles. The van der Waals surface area contributed by atoms with Crippen molar-refractivity contribution in [1.29, 1.82) is 0 Å². The molecule has 6 heteroatoms. The SMILES string of the molecule is CC(O/N=C(\N)c1ccccc1)C(=O)N1CCN(c2ccccc2)CC1. The fourth-order valence-electron chi connectivity index (χ4n) is 2.92. The number of nitrogens with two attached hydrogens (primary N) is 1. The van der Waals surface area contributed by atoms with E-state index in [1.165, 1.54) is 5.69 Å². The summed E-state index contributed by atoms with van der Waals surface area (Å²) >= 11 is 0. The van der Waals surface area contributed by atoms with Crippen molar-refractivity contribution < 1.29 is 9.63 Å². The molecule has 26 heavy (non-hydrogen) atoms. The summed E-state index contributed by atoms with van der Waals surface area (Å²) in [5.74, 6) is 0.196. The van der Waals surface area contributed by atoms with Gasteiger partial charge in [0.25, 0.3) is 5.91 Å². The Bertz CT molecular complexity index is 741. The van der Waals surface area contributed by atoms with Crippen LogP contribution in [0.25, 0.3) is 0 Å². The number of rotatable bonds is 5. The first-order valence-electron chi connectivity index (χ1n) is 8.78. The van der Waals surface area contributed by atoms with Crippen LogP contribution in [0, 0.1) is 0 Å². The van der Waals surface area contributed by atoms with E-state index < -0.39 is 6.10 Å². The average molecular weight is 352 g/mol. The zero-order chi connectivity index (χ0) is 18.4. The molecule has 136 valence electrons. The summed E-state index contributed by atoms with van der Waals surface area (Å²) in [6.45, 7) is 4.64. The van der Waals surface area contributed by atoms with Crippen molar-refractivity contribution >= 4 is 17.4 Å². The molecule has 1 atom stereocenters. The highest BCUT2D eigenvalue weighted by Gasteiger charge is 2.26. The monoisotopic (exact) mass is 352 g/mol. The van der Waals surface area contributed by atoms with Crippen LogP contribution >= 0.6 is 0 Å².